The van der Waals surface area contributed by atoms with Crippen molar-refractivity contribution in [2.45, 2.75) is 20.5 Å². The zero-order valence-electron chi connectivity index (χ0n) is 14.7. The van der Waals surface area contributed by atoms with E-state index in [4.69, 9.17) is 16.3 Å². The first-order valence-corrected chi connectivity index (χ1v) is 9.46. The molecule has 0 fully saturated rings. The minimum atomic E-state index is 0.536. The largest absolute Gasteiger partial charge is 0.488 e. The third-order valence-electron chi connectivity index (χ3n) is 3.99. The third-order valence-corrected chi connectivity index (χ3v) is 4.85. The second kappa shape index (κ2) is 8.52. The minimum Gasteiger partial charge on any atom is -0.488 e. The minimum absolute atomic E-state index is 0.536. The van der Waals surface area contributed by atoms with Gasteiger partial charge in [-0.2, -0.15) is 0 Å². The molecule has 0 heterocycles. The van der Waals surface area contributed by atoms with E-state index < -0.39 is 0 Å². The number of rotatable bonds is 5. The molecule has 0 spiro atoms. The fraction of sp³-hybridized carbons (Fsp3) is 0.136. The van der Waals surface area contributed by atoms with Crippen LogP contribution in [0.15, 0.2) is 70.1 Å². The van der Waals surface area contributed by atoms with Gasteiger partial charge in [-0.15, -0.1) is 0 Å². The van der Waals surface area contributed by atoms with E-state index in [0.717, 1.165) is 32.6 Å². The van der Waals surface area contributed by atoms with Gasteiger partial charge in [0, 0.05) is 11.2 Å². The maximum atomic E-state index is 6.04. The Morgan fingerprint density at radius 1 is 1.00 bits per heavy atom. The number of halogens is 2. The molecule has 3 aromatic rings. The van der Waals surface area contributed by atoms with Crippen LogP contribution in [0.25, 0.3) is 0 Å². The van der Waals surface area contributed by atoms with E-state index in [-0.39, 0.29) is 0 Å². The average Bonchev–Trinajstić information content (AvgIpc) is 2.63. The van der Waals surface area contributed by atoms with Crippen molar-refractivity contribution < 1.29 is 4.74 Å². The van der Waals surface area contributed by atoms with Crippen LogP contribution in [-0.4, -0.2) is 6.21 Å². The molecule has 2 nitrogen and oxygen atoms in total. The van der Waals surface area contributed by atoms with Gasteiger partial charge in [0.05, 0.1) is 10.2 Å². The Kier molecular flexibility index (Phi) is 6.12. The van der Waals surface area contributed by atoms with Crippen molar-refractivity contribution in [3.63, 3.8) is 0 Å². The molecule has 3 aromatic carbocycles. The lowest BCUT2D eigenvalue weighted by molar-refractivity contribution is 0.304. The number of hydrogen-bond donors (Lipinski definition) is 0. The van der Waals surface area contributed by atoms with Gasteiger partial charge in [-0.05, 0) is 76.8 Å². The molecule has 0 aliphatic carbocycles. The maximum absolute atomic E-state index is 6.04. The summed E-state index contributed by atoms with van der Waals surface area (Å²) in [5.41, 5.74) is 5.33. The van der Waals surface area contributed by atoms with Crippen LogP contribution in [0.4, 0.5) is 5.69 Å². The van der Waals surface area contributed by atoms with E-state index in [2.05, 4.69) is 52.1 Å². The van der Waals surface area contributed by atoms with Gasteiger partial charge in [0.25, 0.3) is 0 Å². The maximum Gasteiger partial charge on any atom is 0.134 e. The van der Waals surface area contributed by atoms with Gasteiger partial charge in [-0.3, -0.25) is 4.99 Å². The van der Waals surface area contributed by atoms with Gasteiger partial charge in [0.1, 0.15) is 12.4 Å². The highest BCUT2D eigenvalue weighted by atomic mass is 79.9. The van der Waals surface area contributed by atoms with Gasteiger partial charge in [-0.1, -0.05) is 47.5 Å². The topological polar surface area (TPSA) is 21.6 Å². The van der Waals surface area contributed by atoms with Crippen molar-refractivity contribution in [3.8, 4) is 5.75 Å². The summed E-state index contributed by atoms with van der Waals surface area (Å²) >= 11 is 9.62. The molecule has 0 N–H and O–H groups in total. The fourth-order valence-corrected chi connectivity index (χ4v) is 3.10. The Balaban J connectivity index is 1.69. The highest BCUT2D eigenvalue weighted by Gasteiger charge is 2.03. The zero-order valence-corrected chi connectivity index (χ0v) is 17.0. The van der Waals surface area contributed by atoms with Crippen LogP contribution in [0.2, 0.25) is 5.02 Å². The molecule has 132 valence electrons. The molecular formula is C22H19BrClNO. The molecule has 0 atom stereocenters. The van der Waals surface area contributed by atoms with E-state index in [1.807, 2.05) is 49.5 Å². The van der Waals surface area contributed by atoms with Gasteiger partial charge >= 0.3 is 0 Å². The molecule has 0 aliphatic rings. The monoisotopic (exact) mass is 427 g/mol. The Morgan fingerprint density at radius 3 is 2.50 bits per heavy atom. The van der Waals surface area contributed by atoms with Crippen molar-refractivity contribution in [2.24, 2.45) is 4.99 Å². The van der Waals surface area contributed by atoms with Gasteiger partial charge in [-0.25, -0.2) is 0 Å². The average molecular weight is 429 g/mol. The second-order valence-corrected chi connectivity index (χ2v) is 7.44. The number of nitrogens with zero attached hydrogens (tertiary/aromatic N) is 1. The van der Waals surface area contributed by atoms with Crippen molar-refractivity contribution in [3.05, 3.63) is 92.4 Å². The van der Waals surface area contributed by atoms with E-state index >= 15 is 0 Å². The molecule has 3 rings (SSSR count). The predicted molar refractivity (Wildman–Crippen MR) is 113 cm³/mol. The van der Waals surface area contributed by atoms with Crippen LogP contribution in [0.5, 0.6) is 5.75 Å². The van der Waals surface area contributed by atoms with E-state index in [0.29, 0.717) is 11.6 Å². The van der Waals surface area contributed by atoms with Gasteiger partial charge in [0.15, 0.2) is 0 Å². The van der Waals surface area contributed by atoms with Crippen LogP contribution in [0.3, 0.4) is 0 Å². The van der Waals surface area contributed by atoms with Gasteiger partial charge < -0.3 is 4.74 Å². The lowest BCUT2D eigenvalue weighted by Crippen LogP contribution is -1.96. The summed E-state index contributed by atoms with van der Waals surface area (Å²) in [4.78, 5) is 4.54. The fourth-order valence-electron chi connectivity index (χ4n) is 2.43. The summed E-state index contributed by atoms with van der Waals surface area (Å²) in [5.74, 6) is 0.807. The normalized spacial score (nSPS) is 11.1. The highest BCUT2D eigenvalue weighted by molar-refractivity contribution is 9.10. The third kappa shape index (κ3) is 4.96. The SMILES string of the molecule is Cc1ccc(COc2ccc(C=Nc3cc(Cl)ccc3C)cc2Br)cc1. The summed E-state index contributed by atoms with van der Waals surface area (Å²) in [5, 5.41) is 0.684. The standard InChI is InChI=1S/C22H19BrClNO/c1-15-3-6-17(7-4-15)14-26-22-10-8-18(11-20(22)23)13-25-21-12-19(24)9-5-16(21)2/h3-13H,14H2,1-2H3. The summed E-state index contributed by atoms with van der Waals surface area (Å²) in [6, 6.07) is 20.0. The second-order valence-electron chi connectivity index (χ2n) is 6.15. The van der Waals surface area contributed by atoms with Crippen LogP contribution in [-0.2, 0) is 6.61 Å². The Hall–Kier alpha value is -2.10. The lowest BCUT2D eigenvalue weighted by atomic mass is 10.2. The molecule has 0 saturated heterocycles. The Labute approximate surface area is 167 Å². The molecule has 0 radical (unpaired) electrons. The highest BCUT2D eigenvalue weighted by Crippen LogP contribution is 2.27. The number of hydrogen-bond acceptors (Lipinski definition) is 2. The molecular weight excluding hydrogens is 410 g/mol. The smallest absolute Gasteiger partial charge is 0.134 e. The molecule has 0 aromatic heterocycles. The van der Waals surface area contributed by atoms with E-state index in [9.17, 15) is 0 Å². The van der Waals surface area contributed by atoms with Crippen molar-refractivity contribution >= 4 is 39.4 Å². The molecule has 0 saturated carbocycles. The van der Waals surface area contributed by atoms with E-state index in [1.54, 1.807) is 0 Å². The summed E-state index contributed by atoms with van der Waals surface area (Å²) in [6.07, 6.45) is 1.83. The molecule has 0 unspecified atom stereocenters. The van der Waals surface area contributed by atoms with Gasteiger partial charge in [0.2, 0.25) is 0 Å². The van der Waals surface area contributed by atoms with Crippen LogP contribution in [0, 0.1) is 13.8 Å². The quantitative estimate of drug-likeness (QED) is 0.399. The molecule has 26 heavy (non-hydrogen) atoms. The first-order valence-electron chi connectivity index (χ1n) is 8.29. The summed E-state index contributed by atoms with van der Waals surface area (Å²) in [7, 11) is 0. The van der Waals surface area contributed by atoms with E-state index in [1.165, 1.54) is 5.56 Å². The van der Waals surface area contributed by atoms with Crippen LogP contribution in [0.1, 0.15) is 22.3 Å². The predicted octanol–water partition coefficient (Wildman–Crippen LogP) is 7.05. The zero-order chi connectivity index (χ0) is 18.5. The first kappa shape index (κ1) is 18.7. The summed E-state index contributed by atoms with van der Waals surface area (Å²) < 4.78 is 6.81. The lowest BCUT2D eigenvalue weighted by Gasteiger charge is -2.09. The first-order chi connectivity index (χ1) is 12.5. The molecule has 4 heteroatoms. The van der Waals surface area contributed by atoms with Crippen molar-refractivity contribution in [1.29, 1.82) is 0 Å². The number of ether oxygens (including phenoxy) is 1. The molecule has 0 amide bonds. The van der Waals surface area contributed by atoms with Crippen LogP contribution >= 0.6 is 27.5 Å². The van der Waals surface area contributed by atoms with Crippen molar-refractivity contribution in [1.82, 2.24) is 0 Å². The number of aryl methyl sites for hydroxylation is 2. The van der Waals surface area contributed by atoms with Crippen molar-refractivity contribution in [2.75, 3.05) is 0 Å². The number of aliphatic imine (C=N–C) groups is 1. The van der Waals surface area contributed by atoms with Crippen LogP contribution < -0.4 is 4.74 Å². The molecule has 0 aliphatic heterocycles. The Bertz CT molecular complexity index is 935. The molecule has 0 bridgehead atoms. The number of benzene rings is 3. The summed E-state index contributed by atoms with van der Waals surface area (Å²) in [6.45, 7) is 4.63. The Morgan fingerprint density at radius 2 is 1.77 bits per heavy atom.